The summed E-state index contributed by atoms with van der Waals surface area (Å²) >= 11 is 5.84. The average molecular weight is 293 g/mol. The van der Waals surface area contributed by atoms with Crippen LogP contribution >= 0.6 is 11.6 Å². The number of anilines is 1. The Labute approximate surface area is 113 Å². The Balaban J connectivity index is 2.05. The van der Waals surface area contributed by atoms with E-state index in [4.69, 9.17) is 11.6 Å². The molecular formula is C12H12ClF3N2O. The third kappa shape index (κ3) is 3.53. The van der Waals surface area contributed by atoms with E-state index in [1.807, 2.05) is 0 Å². The summed E-state index contributed by atoms with van der Waals surface area (Å²) in [7, 11) is 0. The van der Waals surface area contributed by atoms with E-state index in [1.165, 1.54) is 6.07 Å². The molecule has 2 N–H and O–H groups in total. The molecule has 1 unspecified atom stereocenters. The van der Waals surface area contributed by atoms with Crippen molar-refractivity contribution < 1.29 is 18.0 Å². The van der Waals surface area contributed by atoms with E-state index >= 15 is 0 Å². The first-order chi connectivity index (χ1) is 8.86. The van der Waals surface area contributed by atoms with Gasteiger partial charge in [0.15, 0.2) is 0 Å². The Morgan fingerprint density at radius 1 is 1.42 bits per heavy atom. The van der Waals surface area contributed by atoms with Gasteiger partial charge in [0.25, 0.3) is 0 Å². The number of rotatable bonds is 3. The van der Waals surface area contributed by atoms with Gasteiger partial charge >= 0.3 is 6.18 Å². The van der Waals surface area contributed by atoms with Gasteiger partial charge in [-0.15, -0.1) is 0 Å². The lowest BCUT2D eigenvalue weighted by Crippen LogP contribution is -2.31. The molecule has 0 saturated carbocycles. The van der Waals surface area contributed by atoms with Gasteiger partial charge in [-0.2, -0.15) is 13.2 Å². The molecule has 1 atom stereocenters. The summed E-state index contributed by atoms with van der Waals surface area (Å²) in [5.41, 5.74) is -0.535. The monoisotopic (exact) mass is 292 g/mol. The van der Waals surface area contributed by atoms with Crippen LogP contribution in [0.15, 0.2) is 18.2 Å². The van der Waals surface area contributed by atoms with Crippen molar-refractivity contribution in [1.82, 2.24) is 5.32 Å². The van der Waals surface area contributed by atoms with Gasteiger partial charge < -0.3 is 10.6 Å². The van der Waals surface area contributed by atoms with Crippen molar-refractivity contribution in [1.29, 1.82) is 0 Å². The van der Waals surface area contributed by atoms with E-state index in [0.717, 1.165) is 12.1 Å². The standard InChI is InChI=1S/C12H12ClF3N2O/c13-9-3-1-7(12(14,15)16)5-10(9)17-6-8-2-4-11(19)18-8/h1,3,5,8,17H,2,4,6H2,(H,18,19). The Morgan fingerprint density at radius 3 is 2.74 bits per heavy atom. The third-order valence-corrected chi connectivity index (χ3v) is 3.25. The Hall–Kier alpha value is -1.43. The van der Waals surface area contributed by atoms with Crippen molar-refractivity contribution in [3.63, 3.8) is 0 Å². The highest BCUT2D eigenvalue weighted by Gasteiger charge is 2.31. The van der Waals surface area contributed by atoms with Crippen LogP contribution in [0.2, 0.25) is 5.02 Å². The second kappa shape index (κ2) is 5.28. The molecule has 3 nitrogen and oxygen atoms in total. The molecule has 1 fully saturated rings. The van der Waals surface area contributed by atoms with Crippen molar-refractivity contribution in [3.05, 3.63) is 28.8 Å². The molecule has 0 aromatic heterocycles. The summed E-state index contributed by atoms with van der Waals surface area (Å²) in [6, 6.07) is 3.04. The molecule has 104 valence electrons. The second-order valence-electron chi connectivity index (χ2n) is 4.38. The Bertz CT molecular complexity index is 490. The Kier molecular flexibility index (Phi) is 3.89. The van der Waals surface area contributed by atoms with E-state index in [-0.39, 0.29) is 22.7 Å². The van der Waals surface area contributed by atoms with E-state index in [9.17, 15) is 18.0 Å². The molecule has 0 bridgehead atoms. The zero-order valence-electron chi connectivity index (χ0n) is 9.85. The van der Waals surface area contributed by atoms with Gasteiger partial charge in [-0.3, -0.25) is 4.79 Å². The van der Waals surface area contributed by atoms with E-state index < -0.39 is 11.7 Å². The molecule has 1 aromatic rings. The van der Waals surface area contributed by atoms with Crippen LogP contribution in [0.3, 0.4) is 0 Å². The smallest absolute Gasteiger partial charge is 0.382 e. The molecule has 1 aliphatic heterocycles. The summed E-state index contributed by atoms with van der Waals surface area (Å²) in [5.74, 6) is -0.0399. The van der Waals surface area contributed by atoms with Crippen molar-refractivity contribution in [2.24, 2.45) is 0 Å². The van der Waals surface area contributed by atoms with Crippen LogP contribution in [0.25, 0.3) is 0 Å². The molecule has 1 saturated heterocycles. The fourth-order valence-corrected chi connectivity index (χ4v) is 2.09. The molecule has 0 aliphatic carbocycles. The maximum atomic E-state index is 12.6. The summed E-state index contributed by atoms with van der Waals surface area (Å²) in [5, 5.41) is 5.78. The SMILES string of the molecule is O=C1CCC(CNc2cc(C(F)(F)F)ccc2Cl)N1. The van der Waals surface area contributed by atoms with Crippen LogP contribution in [0, 0.1) is 0 Å². The number of benzene rings is 1. The van der Waals surface area contributed by atoms with E-state index in [2.05, 4.69) is 10.6 Å². The minimum Gasteiger partial charge on any atom is -0.382 e. The van der Waals surface area contributed by atoms with Crippen molar-refractivity contribution in [2.45, 2.75) is 25.1 Å². The first-order valence-electron chi connectivity index (χ1n) is 5.76. The average Bonchev–Trinajstić information content (AvgIpc) is 2.72. The lowest BCUT2D eigenvalue weighted by Gasteiger charge is -2.15. The number of carbonyl (C=O) groups excluding carboxylic acids is 1. The maximum Gasteiger partial charge on any atom is 0.416 e. The zero-order chi connectivity index (χ0) is 14.0. The quantitative estimate of drug-likeness (QED) is 0.899. The van der Waals surface area contributed by atoms with Gasteiger partial charge in [0.05, 0.1) is 16.3 Å². The van der Waals surface area contributed by atoms with Crippen molar-refractivity contribution in [2.75, 3.05) is 11.9 Å². The van der Waals surface area contributed by atoms with E-state index in [0.29, 0.717) is 19.4 Å². The fourth-order valence-electron chi connectivity index (χ4n) is 1.90. The molecule has 19 heavy (non-hydrogen) atoms. The topological polar surface area (TPSA) is 41.1 Å². The number of hydrogen-bond acceptors (Lipinski definition) is 2. The number of hydrogen-bond donors (Lipinski definition) is 2. The van der Waals surface area contributed by atoms with Crippen LogP contribution in [0.1, 0.15) is 18.4 Å². The van der Waals surface area contributed by atoms with Crippen LogP contribution in [0.4, 0.5) is 18.9 Å². The summed E-state index contributed by atoms with van der Waals surface area (Å²) in [4.78, 5) is 11.0. The molecule has 1 aliphatic rings. The van der Waals surface area contributed by atoms with E-state index in [1.54, 1.807) is 0 Å². The maximum absolute atomic E-state index is 12.6. The van der Waals surface area contributed by atoms with Crippen molar-refractivity contribution in [3.8, 4) is 0 Å². The van der Waals surface area contributed by atoms with Gasteiger partial charge in [0.1, 0.15) is 0 Å². The molecule has 1 heterocycles. The molecule has 7 heteroatoms. The first kappa shape index (κ1) is 14.0. The number of alkyl halides is 3. The molecule has 0 spiro atoms. The fraction of sp³-hybridized carbons (Fsp3) is 0.417. The number of halogens is 4. The van der Waals surface area contributed by atoms with Gasteiger partial charge in [-0.05, 0) is 24.6 Å². The predicted octanol–water partition coefficient (Wildman–Crippen LogP) is 3.05. The first-order valence-corrected chi connectivity index (χ1v) is 6.14. The minimum absolute atomic E-state index is 0.0399. The zero-order valence-corrected chi connectivity index (χ0v) is 10.6. The predicted molar refractivity (Wildman–Crippen MR) is 66.1 cm³/mol. The van der Waals surface area contributed by atoms with Crippen molar-refractivity contribution >= 4 is 23.2 Å². The summed E-state index contributed by atoms with van der Waals surface area (Å²) in [6.07, 6.45) is -3.28. The Morgan fingerprint density at radius 2 is 2.16 bits per heavy atom. The minimum atomic E-state index is -4.40. The number of nitrogens with one attached hydrogen (secondary N) is 2. The lowest BCUT2D eigenvalue weighted by atomic mass is 10.1. The third-order valence-electron chi connectivity index (χ3n) is 2.92. The largest absolute Gasteiger partial charge is 0.416 e. The number of amides is 1. The normalized spacial score (nSPS) is 19.4. The summed E-state index contributed by atoms with van der Waals surface area (Å²) < 4.78 is 37.7. The van der Waals surface area contributed by atoms with Gasteiger partial charge in [0.2, 0.25) is 5.91 Å². The van der Waals surface area contributed by atoms with Crippen LogP contribution < -0.4 is 10.6 Å². The molecule has 2 rings (SSSR count). The lowest BCUT2D eigenvalue weighted by molar-refractivity contribution is -0.137. The summed E-state index contributed by atoms with van der Waals surface area (Å²) in [6.45, 7) is 0.354. The van der Waals surface area contributed by atoms with Crippen LogP contribution in [-0.2, 0) is 11.0 Å². The molecule has 1 amide bonds. The highest BCUT2D eigenvalue weighted by atomic mass is 35.5. The van der Waals surface area contributed by atoms with Gasteiger partial charge in [-0.1, -0.05) is 11.6 Å². The van der Waals surface area contributed by atoms with Gasteiger partial charge in [-0.25, -0.2) is 0 Å². The van der Waals surface area contributed by atoms with Crippen LogP contribution in [-0.4, -0.2) is 18.5 Å². The number of carbonyl (C=O) groups is 1. The second-order valence-corrected chi connectivity index (χ2v) is 4.78. The van der Waals surface area contributed by atoms with Gasteiger partial charge in [0, 0.05) is 19.0 Å². The van der Waals surface area contributed by atoms with Crippen LogP contribution in [0.5, 0.6) is 0 Å². The molecular weight excluding hydrogens is 281 g/mol. The molecule has 1 aromatic carbocycles. The highest BCUT2D eigenvalue weighted by Crippen LogP contribution is 2.33. The molecule has 0 radical (unpaired) electrons. The highest BCUT2D eigenvalue weighted by molar-refractivity contribution is 6.33.